The molecule has 0 aromatic carbocycles. The van der Waals surface area contributed by atoms with Crippen LogP contribution in [0.5, 0.6) is 5.75 Å². The van der Waals surface area contributed by atoms with Crippen molar-refractivity contribution in [1.29, 1.82) is 0 Å². The lowest BCUT2D eigenvalue weighted by Crippen LogP contribution is -2.38. The molecule has 30 heavy (non-hydrogen) atoms. The number of nitrogens with zero attached hydrogens (tertiary/aromatic N) is 3. The van der Waals surface area contributed by atoms with Crippen molar-refractivity contribution in [2.75, 3.05) is 25.5 Å². The Morgan fingerprint density at radius 2 is 2.10 bits per heavy atom. The molecule has 4 rings (SSSR count). The zero-order valence-electron chi connectivity index (χ0n) is 17.2. The third kappa shape index (κ3) is 3.82. The summed E-state index contributed by atoms with van der Waals surface area (Å²) in [6.07, 6.45) is 4.96. The monoisotopic (exact) mass is 417 g/mol. The standard InChI is InChI=1S/C21H25F2N5O2/c1-21(2,29)13-11-28-16(10-25-18(28)8-17(13)30-3)19-14(22)7-15(23)20(27-19)26-12-5-4-6-24-9-12/h7-8,10-12,24,29H,4-6,9H2,1-3H3,(H,26,27). The van der Waals surface area contributed by atoms with E-state index in [0.717, 1.165) is 25.5 Å². The first-order valence-electron chi connectivity index (χ1n) is 9.89. The minimum absolute atomic E-state index is 0.00581. The summed E-state index contributed by atoms with van der Waals surface area (Å²) in [5.74, 6) is -1.06. The van der Waals surface area contributed by atoms with Crippen LogP contribution in [0.15, 0.2) is 24.5 Å². The summed E-state index contributed by atoms with van der Waals surface area (Å²) in [5.41, 5.74) is 0.121. The van der Waals surface area contributed by atoms with Crippen molar-refractivity contribution in [3.05, 3.63) is 41.7 Å². The zero-order chi connectivity index (χ0) is 21.5. The summed E-state index contributed by atoms with van der Waals surface area (Å²) in [6.45, 7) is 4.88. The number of rotatable bonds is 5. The number of hydrogen-bond donors (Lipinski definition) is 3. The van der Waals surface area contributed by atoms with Gasteiger partial charge >= 0.3 is 0 Å². The van der Waals surface area contributed by atoms with E-state index in [2.05, 4.69) is 20.6 Å². The van der Waals surface area contributed by atoms with Crippen molar-refractivity contribution in [3.63, 3.8) is 0 Å². The number of halogens is 2. The van der Waals surface area contributed by atoms with Crippen LogP contribution in [0.4, 0.5) is 14.6 Å². The summed E-state index contributed by atoms with van der Waals surface area (Å²) in [7, 11) is 1.50. The Morgan fingerprint density at radius 3 is 2.77 bits per heavy atom. The number of nitrogens with one attached hydrogen (secondary N) is 2. The predicted molar refractivity (Wildman–Crippen MR) is 110 cm³/mol. The molecule has 0 amide bonds. The summed E-state index contributed by atoms with van der Waals surface area (Å²) in [5, 5.41) is 16.8. The van der Waals surface area contributed by atoms with Gasteiger partial charge in [0.05, 0.1) is 24.6 Å². The SMILES string of the molecule is COc1cc2ncc(-c3nc(NC4CCCNC4)c(F)cc3F)n2cc1C(C)(C)O. The first kappa shape index (κ1) is 20.5. The van der Waals surface area contributed by atoms with Gasteiger partial charge in [0.2, 0.25) is 0 Å². The molecule has 0 bridgehead atoms. The van der Waals surface area contributed by atoms with Crippen LogP contribution in [0, 0.1) is 11.6 Å². The number of aliphatic hydroxyl groups is 1. The van der Waals surface area contributed by atoms with E-state index in [1.54, 1.807) is 30.5 Å². The Bertz CT molecular complexity index is 1070. The lowest BCUT2D eigenvalue weighted by molar-refractivity contribution is 0.0752. The second-order valence-electron chi connectivity index (χ2n) is 8.02. The van der Waals surface area contributed by atoms with Crippen LogP contribution in [0.1, 0.15) is 32.3 Å². The molecule has 0 spiro atoms. The Kier molecular flexibility index (Phi) is 5.33. The molecule has 1 saturated heterocycles. The zero-order valence-corrected chi connectivity index (χ0v) is 17.2. The lowest BCUT2D eigenvalue weighted by Gasteiger charge is -2.24. The summed E-state index contributed by atoms with van der Waals surface area (Å²) in [4.78, 5) is 8.56. The highest BCUT2D eigenvalue weighted by atomic mass is 19.1. The van der Waals surface area contributed by atoms with Gasteiger partial charge in [0, 0.05) is 36.5 Å². The molecular weight excluding hydrogens is 392 g/mol. The smallest absolute Gasteiger partial charge is 0.168 e. The summed E-state index contributed by atoms with van der Waals surface area (Å²) in [6, 6.07) is 2.51. The Morgan fingerprint density at radius 1 is 1.30 bits per heavy atom. The molecule has 3 aromatic rings. The first-order valence-corrected chi connectivity index (χ1v) is 9.89. The van der Waals surface area contributed by atoms with E-state index in [-0.39, 0.29) is 17.6 Å². The van der Waals surface area contributed by atoms with E-state index in [1.807, 2.05) is 0 Å². The maximum Gasteiger partial charge on any atom is 0.168 e. The fourth-order valence-corrected chi connectivity index (χ4v) is 3.72. The maximum absolute atomic E-state index is 14.7. The van der Waals surface area contributed by atoms with Crippen LogP contribution in [-0.4, -0.2) is 45.7 Å². The third-order valence-electron chi connectivity index (χ3n) is 5.30. The molecule has 160 valence electrons. The molecule has 3 N–H and O–H groups in total. The van der Waals surface area contributed by atoms with Gasteiger partial charge in [0.25, 0.3) is 0 Å². The highest BCUT2D eigenvalue weighted by molar-refractivity contribution is 5.64. The molecule has 0 aliphatic carbocycles. The van der Waals surface area contributed by atoms with Crippen molar-refractivity contribution in [3.8, 4) is 17.1 Å². The number of aromatic nitrogens is 3. The number of anilines is 1. The first-order chi connectivity index (χ1) is 14.3. The second-order valence-corrected chi connectivity index (χ2v) is 8.02. The van der Waals surface area contributed by atoms with Crippen molar-refractivity contribution < 1.29 is 18.6 Å². The number of methoxy groups -OCH3 is 1. The highest BCUT2D eigenvalue weighted by Crippen LogP contribution is 2.33. The van der Waals surface area contributed by atoms with Crippen molar-refractivity contribution in [2.24, 2.45) is 0 Å². The molecule has 7 nitrogen and oxygen atoms in total. The molecule has 1 atom stereocenters. The average molecular weight is 417 g/mol. The quantitative estimate of drug-likeness (QED) is 0.592. The van der Waals surface area contributed by atoms with Gasteiger partial charge in [-0.05, 0) is 33.2 Å². The predicted octanol–water partition coefficient (Wildman–Crippen LogP) is 3.07. The van der Waals surface area contributed by atoms with Crippen molar-refractivity contribution >= 4 is 11.5 Å². The Balaban J connectivity index is 1.80. The molecule has 1 aliphatic rings. The van der Waals surface area contributed by atoms with Crippen LogP contribution < -0.4 is 15.4 Å². The summed E-state index contributed by atoms with van der Waals surface area (Å²) >= 11 is 0. The van der Waals surface area contributed by atoms with Crippen LogP contribution in [-0.2, 0) is 5.60 Å². The van der Waals surface area contributed by atoms with Gasteiger partial charge in [0.15, 0.2) is 17.5 Å². The molecule has 4 heterocycles. The largest absolute Gasteiger partial charge is 0.496 e. The minimum atomic E-state index is -1.20. The average Bonchev–Trinajstić information content (AvgIpc) is 3.12. The number of piperidine rings is 1. The van der Waals surface area contributed by atoms with E-state index in [4.69, 9.17) is 4.74 Å². The van der Waals surface area contributed by atoms with Crippen LogP contribution in [0.2, 0.25) is 0 Å². The Hall–Kier alpha value is -2.78. The van der Waals surface area contributed by atoms with Gasteiger partial charge in [-0.2, -0.15) is 0 Å². The lowest BCUT2D eigenvalue weighted by atomic mass is 9.99. The van der Waals surface area contributed by atoms with Crippen molar-refractivity contribution in [1.82, 2.24) is 19.7 Å². The molecule has 1 fully saturated rings. The van der Waals surface area contributed by atoms with Crippen molar-refractivity contribution in [2.45, 2.75) is 38.3 Å². The van der Waals surface area contributed by atoms with E-state index in [9.17, 15) is 13.9 Å². The molecule has 1 aliphatic heterocycles. The number of imidazole rings is 1. The Labute approximate surface area is 173 Å². The number of pyridine rings is 2. The van der Waals surface area contributed by atoms with Gasteiger partial charge in [-0.1, -0.05) is 0 Å². The molecule has 0 radical (unpaired) electrons. The van der Waals surface area contributed by atoms with Crippen LogP contribution >= 0.6 is 0 Å². The number of fused-ring (bicyclic) bond motifs is 1. The highest BCUT2D eigenvalue weighted by Gasteiger charge is 2.25. The fraction of sp³-hybridized carbons (Fsp3) is 0.429. The van der Waals surface area contributed by atoms with E-state index < -0.39 is 17.2 Å². The van der Waals surface area contributed by atoms with E-state index >= 15 is 0 Å². The topological polar surface area (TPSA) is 83.7 Å². The number of hydrogen-bond acceptors (Lipinski definition) is 6. The van der Waals surface area contributed by atoms with E-state index in [1.165, 1.54) is 13.3 Å². The third-order valence-corrected chi connectivity index (χ3v) is 5.30. The van der Waals surface area contributed by atoms with Gasteiger partial charge in [-0.15, -0.1) is 0 Å². The van der Waals surface area contributed by atoms with Crippen LogP contribution in [0.3, 0.4) is 0 Å². The van der Waals surface area contributed by atoms with Gasteiger partial charge in [0.1, 0.15) is 17.1 Å². The number of ether oxygens (including phenoxy) is 1. The minimum Gasteiger partial charge on any atom is -0.496 e. The molecule has 3 aromatic heterocycles. The van der Waals surface area contributed by atoms with Gasteiger partial charge in [-0.25, -0.2) is 18.7 Å². The fourth-order valence-electron chi connectivity index (χ4n) is 3.72. The normalized spacial score (nSPS) is 17.3. The molecule has 1 unspecified atom stereocenters. The molecule has 9 heteroatoms. The van der Waals surface area contributed by atoms with Crippen LogP contribution in [0.25, 0.3) is 17.0 Å². The second kappa shape index (κ2) is 7.81. The van der Waals surface area contributed by atoms with E-state index in [0.29, 0.717) is 29.2 Å². The van der Waals surface area contributed by atoms with Gasteiger partial charge in [-0.3, -0.25) is 4.40 Å². The molecular formula is C21H25F2N5O2. The van der Waals surface area contributed by atoms with Gasteiger partial charge < -0.3 is 20.5 Å². The molecule has 0 saturated carbocycles. The summed E-state index contributed by atoms with van der Waals surface area (Å²) < 4.78 is 36.1. The maximum atomic E-state index is 14.7.